The van der Waals surface area contributed by atoms with E-state index in [1.165, 1.54) is 24.3 Å². The van der Waals surface area contributed by atoms with Crippen molar-refractivity contribution in [2.45, 2.75) is 25.6 Å². The maximum atomic E-state index is 14.2. The summed E-state index contributed by atoms with van der Waals surface area (Å²) < 4.78 is 83.5. The quantitative estimate of drug-likeness (QED) is 0.286. The highest BCUT2D eigenvalue weighted by atomic mass is 35.5. The summed E-state index contributed by atoms with van der Waals surface area (Å²) in [5, 5.41) is 9.12. The minimum absolute atomic E-state index is 0.0122. The van der Waals surface area contributed by atoms with Crippen molar-refractivity contribution in [1.29, 1.82) is 0 Å². The number of nitrogens with two attached hydrogens (primary N) is 1. The number of aromatic nitrogens is 4. The Morgan fingerprint density at radius 1 is 1.17 bits per heavy atom. The SMILES string of the molecule is [2H]C([2H])([2H])Oc1cn([C@@H](CC)C(=O)Nc2ccc(C(N)=O)c(F)c2)c(=O)cc1-c1cc(Cl)ccc1-n1cc(C(F)(F)F)nn1. The van der Waals surface area contributed by atoms with Crippen LogP contribution in [-0.4, -0.2) is 38.4 Å². The van der Waals surface area contributed by atoms with Gasteiger partial charge in [-0.25, -0.2) is 9.07 Å². The van der Waals surface area contributed by atoms with Crippen molar-refractivity contribution in [3.05, 3.63) is 87.3 Å². The number of primary amides is 1. The molecule has 0 spiro atoms. The number of halogens is 5. The molecule has 4 rings (SSSR count). The molecule has 4 aromatic rings. The Bertz CT molecular complexity index is 1810. The van der Waals surface area contributed by atoms with Gasteiger partial charge in [-0.15, -0.1) is 5.10 Å². The molecule has 41 heavy (non-hydrogen) atoms. The zero-order chi connectivity index (χ0) is 32.6. The zero-order valence-electron chi connectivity index (χ0n) is 23.9. The highest BCUT2D eigenvalue weighted by Crippen LogP contribution is 2.36. The van der Waals surface area contributed by atoms with Crippen molar-refractivity contribution >= 4 is 29.1 Å². The fourth-order valence-electron chi connectivity index (χ4n) is 4.03. The number of amides is 2. The van der Waals surface area contributed by atoms with Crippen LogP contribution in [0.2, 0.25) is 5.02 Å². The zero-order valence-corrected chi connectivity index (χ0v) is 21.6. The summed E-state index contributed by atoms with van der Waals surface area (Å²) >= 11 is 6.15. The molecule has 2 aromatic heterocycles. The number of carbonyl (C=O) groups is 2. The third-order valence-corrected chi connectivity index (χ3v) is 6.20. The summed E-state index contributed by atoms with van der Waals surface area (Å²) in [6.45, 7) is 1.55. The Hall–Kier alpha value is -4.72. The van der Waals surface area contributed by atoms with Gasteiger partial charge in [0, 0.05) is 27.9 Å². The molecule has 0 aliphatic heterocycles. The Balaban J connectivity index is 1.82. The molecule has 214 valence electrons. The van der Waals surface area contributed by atoms with Gasteiger partial charge in [0.1, 0.15) is 17.6 Å². The van der Waals surface area contributed by atoms with E-state index >= 15 is 0 Å². The predicted octanol–water partition coefficient (Wildman–Crippen LogP) is 4.60. The lowest BCUT2D eigenvalue weighted by Crippen LogP contribution is -2.32. The van der Waals surface area contributed by atoms with Gasteiger partial charge < -0.3 is 15.8 Å². The van der Waals surface area contributed by atoms with Crippen LogP contribution in [0.4, 0.5) is 23.2 Å². The van der Waals surface area contributed by atoms with Crippen LogP contribution in [0.15, 0.2) is 59.7 Å². The topological polar surface area (TPSA) is 134 Å². The average Bonchev–Trinajstić information content (AvgIpc) is 3.40. The van der Waals surface area contributed by atoms with Crippen molar-refractivity contribution in [1.82, 2.24) is 19.6 Å². The highest BCUT2D eigenvalue weighted by Gasteiger charge is 2.35. The number of nitrogens with one attached hydrogen (secondary N) is 1. The second-order valence-electron chi connectivity index (χ2n) is 8.58. The van der Waals surface area contributed by atoms with Gasteiger partial charge in [0.15, 0.2) is 5.69 Å². The Morgan fingerprint density at radius 3 is 2.54 bits per heavy atom. The van der Waals surface area contributed by atoms with Crippen LogP contribution in [0, 0.1) is 5.82 Å². The summed E-state index contributed by atoms with van der Waals surface area (Å²) in [5.41, 5.74) is 2.18. The molecule has 2 heterocycles. The third kappa shape index (κ3) is 6.06. The summed E-state index contributed by atoms with van der Waals surface area (Å²) in [6, 6.07) is 6.65. The molecule has 0 saturated heterocycles. The Labute approximate surface area is 238 Å². The molecule has 0 radical (unpaired) electrons. The van der Waals surface area contributed by atoms with Gasteiger partial charge in [0.05, 0.1) is 34.8 Å². The van der Waals surface area contributed by atoms with E-state index in [0.29, 0.717) is 6.20 Å². The van der Waals surface area contributed by atoms with Crippen molar-refractivity contribution in [3.63, 3.8) is 0 Å². The molecule has 0 saturated carbocycles. The first-order valence-corrected chi connectivity index (χ1v) is 12.0. The number of rotatable bonds is 8. The number of nitrogens with zero attached hydrogens (tertiary/aromatic N) is 4. The molecular formula is C26H21ClF4N6O4. The van der Waals surface area contributed by atoms with E-state index < -0.39 is 59.5 Å². The van der Waals surface area contributed by atoms with Crippen molar-refractivity contribution in [3.8, 4) is 22.6 Å². The number of hydrogen-bond acceptors (Lipinski definition) is 6. The van der Waals surface area contributed by atoms with Gasteiger partial charge in [0.2, 0.25) is 5.91 Å². The molecule has 10 nitrogen and oxygen atoms in total. The van der Waals surface area contributed by atoms with Gasteiger partial charge >= 0.3 is 6.18 Å². The van der Waals surface area contributed by atoms with Crippen molar-refractivity contribution < 1.29 is 36.0 Å². The fourth-order valence-corrected chi connectivity index (χ4v) is 4.20. The molecule has 2 aromatic carbocycles. The first-order chi connectivity index (χ1) is 20.5. The second kappa shape index (κ2) is 11.4. The number of alkyl halides is 3. The van der Waals surface area contributed by atoms with E-state index in [-0.39, 0.29) is 33.9 Å². The maximum Gasteiger partial charge on any atom is 0.436 e. The number of carbonyl (C=O) groups excluding carboxylic acids is 2. The number of pyridine rings is 1. The normalized spacial score (nSPS) is 13.6. The predicted molar refractivity (Wildman–Crippen MR) is 140 cm³/mol. The van der Waals surface area contributed by atoms with Crippen LogP contribution in [0.25, 0.3) is 16.8 Å². The molecule has 3 N–H and O–H groups in total. The Morgan fingerprint density at radius 2 is 1.93 bits per heavy atom. The van der Waals surface area contributed by atoms with Gasteiger partial charge in [-0.3, -0.25) is 19.0 Å². The van der Waals surface area contributed by atoms with Gasteiger partial charge in [-0.2, -0.15) is 13.2 Å². The summed E-state index contributed by atoms with van der Waals surface area (Å²) in [4.78, 5) is 37.9. The Kier molecular flexibility index (Phi) is 7.03. The van der Waals surface area contributed by atoms with Crippen LogP contribution in [-0.2, 0) is 11.0 Å². The summed E-state index contributed by atoms with van der Waals surface area (Å²) in [6.07, 6.45) is -3.27. The van der Waals surface area contributed by atoms with Crippen molar-refractivity contribution in [2.75, 3.05) is 12.4 Å². The standard InChI is InChI=1S/C26H21ClF4N6O4/c1-3-19(25(40)33-14-5-6-15(24(32)39)18(28)9-14)36-11-21(41-2)17(10-23(36)38)16-8-13(27)4-7-20(16)37-12-22(34-35-37)26(29,30)31/h4-12,19H,3H2,1-2H3,(H2,32,39)(H,33,40)/t19-/m0/s1/i2D3. The van der Waals surface area contributed by atoms with E-state index in [1.54, 1.807) is 6.92 Å². The minimum Gasteiger partial charge on any atom is -0.495 e. The van der Waals surface area contributed by atoms with Crippen LogP contribution in [0.5, 0.6) is 5.75 Å². The molecule has 15 heteroatoms. The molecular weight excluding hydrogens is 572 g/mol. The second-order valence-corrected chi connectivity index (χ2v) is 9.02. The fraction of sp³-hybridized carbons (Fsp3) is 0.192. The van der Waals surface area contributed by atoms with Gasteiger partial charge in [-0.05, 0) is 42.8 Å². The van der Waals surface area contributed by atoms with Crippen LogP contribution in [0.1, 0.15) is 39.6 Å². The molecule has 2 amide bonds. The maximum absolute atomic E-state index is 14.2. The van der Waals surface area contributed by atoms with Crippen LogP contribution < -0.4 is 21.3 Å². The van der Waals surface area contributed by atoms with E-state index in [9.17, 15) is 31.9 Å². The van der Waals surface area contributed by atoms with E-state index in [4.69, 9.17) is 26.2 Å². The minimum atomic E-state index is -4.81. The molecule has 0 bridgehead atoms. The van der Waals surface area contributed by atoms with Crippen LogP contribution in [0.3, 0.4) is 0 Å². The lowest BCUT2D eigenvalue weighted by atomic mass is 10.0. The lowest BCUT2D eigenvalue weighted by molar-refractivity contribution is -0.141. The lowest BCUT2D eigenvalue weighted by Gasteiger charge is -2.21. The smallest absolute Gasteiger partial charge is 0.436 e. The largest absolute Gasteiger partial charge is 0.495 e. The van der Waals surface area contributed by atoms with Crippen LogP contribution >= 0.6 is 11.6 Å². The van der Waals surface area contributed by atoms with E-state index in [0.717, 1.165) is 33.6 Å². The van der Waals surface area contributed by atoms with E-state index in [2.05, 4.69) is 15.6 Å². The monoisotopic (exact) mass is 595 g/mol. The van der Waals surface area contributed by atoms with Gasteiger partial charge in [-0.1, -0.05) is 23.7 Å². The first-order valence-electron chi connectivity index (χ1n) is 13.1. The van der Waals surface area contributed by atoms with E-state index in [1.807, 2.05) is 0 Å². The summed E-state index contributed by atoms with van der Waals surface area (Å²) in [5.74, 6) is -3.27. The molecule has 0 unspecified atom stereocenters. The number of benzene rings is 2. The van der Waals surface area contributed by atoms with Gasteiger partial charge in [0.25, 0.3) is 11.5 Å². The first kappa shape index (κ1) is 25.3. The molecule has 0 fully saturated rings. The average molecular weight is 596 g/mol. The number of methoxy groups -OCH3 is 1. The number of ether oxygens (including phenoxy) is 1. The third-order valence-electron chi connectivity index (χ3n) is 5.96. The van der Waals surface area contributed by atoms with Crippen molar-refractivity contribution in [2.24, 2.45) is 5.73 Å². The molecule has 0 aliphatic rings. The number of anilines is 1. The summed E-state index contributed by atoms with van der Waals surface area (Å²) in [7, 11) is -3.07. The number of hydrogen-bond donors (Lipinski definition) is 2. The highest BCUT2D eigenvalue weighted by molar-refractivity contribution is 6.31. The molecule has 1 atom stereocenters. The molecule has 0 aliphatic carbocycles.